The molecule has 0 N–H and O–H groups in total. The van der Waals surface area contributed by atoms with Gasteiger partial charge in [0.15, 0.2) is 11.3 Å². The summed E-state index contributed by atoms with van der Waals surface area (Å²) in [6, 6.07) is 3.75. The summed E-state index contributed by atoms with van der Waals surface area (Å²) in [7, 11) is 0. The number of alkyl halides is 3. The molecular formula is C24H31ClF3N7O. The number of hydrogen-bond donors (Lipinski definition) is 0. The van der Waals surface area contributed by atoms with Crippen molar-refractivity contribution in [3.63, 3.8) is 0 Å². The Kier molecular flexibility index (Phi) is 8.09. The van der Waals surface area contributed by atoms with Crippen LogP contribution < -0.4 is 14.6 Å². The highest BCUT2D eigenvalue weighted by Crippen LogP contribution is 2.35. The molecule has 0 unspecified atom stereocenters. The third kappa shape index (κ3) is 5.62. The summed E-state index contributed by atoms with van der Waals surface area (Å²) in [6.45, 7) is 12.0. The highest BCUT2D eigenvalue weighted by molar-refractivity contribution is 6.31. The van der Waals surface area contributed by atoms with Crippen molar-refractivity contribution >= 4 is 28.3 Å². The molecular weight excluding hydrogens is 495 g/mol. The third-order valence-electron chi connectivity index (χ3n) is 6.53. The zero-order valence-electron chi connectivity index (χ0n) is 20.7. The first-order valence-corrected chi connectivity index (χ1v) is 12.5. The lowest BCUT2D eigenvalue weighted by Crippen LogP contribution is -2.52. The second-order valence-electron chi connectivity index (χ2n) is 8.71. The van der Waals surface area contributed by atoms with Gasteiger partial charge in [-0.2, -0.15) is 18.0 Å². The monoisotopic (exact) mass is 525 g/mol. The van der Waals surface area contributed by atoms with Crippen LogP contribution in [0.2, 0.25) is 5.02 Å². The minimum Gasteiger partial charge on any atom is -0.493 e. The second kappa shape index (κ2) is 11.1. The van der Waals surface area contributed by atoms with Gasteiger partial charge in [0.05, 0.1) is 25.1 Å². The van der Waals surface area contributed by atoms with Gasteiger partial charge in [-0.25, -0.2) is 9.97 Å². The van der Waals surface area contributed by atoms with Crippen molar-refractivity contribution in [2.24, 2.45) is 0 Å². The molecule has 0 spiro atoms. The van der Waals surface area contributed by atoms with Crippen molar-refractivity contribution in [1.82, 2.24) is 24.8 Å². The largest absolute Gasteiger partial charge is 0.493 e. The Morgan fingerprint density at radius 2 is 1.83 bits per heavy atom. The lowest BCUT2D eigenvalue weighted by Gasteiger charge is -2.37. The average Bonchev–Trinajstić information content (AvgIpc) is 3.26. The number of piperazine rings is 1. The predicted molar refractivity (Wildman–Crippen MR) is 135 cm³/mol. The van der Waals surface area contributed by atoms with E-state index in [1.165, 1.54) is 11.1 Å². The van der Waals surface area contributed by atoms with Crippen LogP contribution in [0.1, 0.15) is 31.5 Å². The molecule has 1 aliphatic heterocycles. The van der Waals surface area contributed by atoms with Gasteiger partial charge in [0.25, 0.3) is 0 Å². The zero-order valence-corrected chi connectivity index (χ0v) is 21.5. The Hall–Kier alpha value is -2.79. The molecule has 3 heterocycles. The quantitative estimate of drug-likeness (QED) is 0.384. The number of ether oxygens (including phenoxy) is 1. The third-order valence-corrected chi connectivity index (χ3v) is 6.75. The van der Waals surface area contributed by atoms with Crippen LogP contribution in [0.4, 0.5) is 18.9 Å². The molecule has 36 heavy (non-hydrogen) atoms. The van der Waals surface area contributed by atoms with Gasteiger partial charge in [0.1, 0.15) is 12.1 Å². The van der Waals surface area contributed by atoms with E-state index in [1.807, 2.05) is 19.1 Å². The fourth-order valence-corrected chi connectivity index (χ4v) is 4.71. The first kappa shape index (κ1) is 26.3. The SMILES string of the molecule is CCN(CC)CCCOc1cc(Cl)cc(N2CCN(n3nc(C(F)(F)F)c4cncnc43)CC2)c1C. The van der Waals surface area contributed by atoms with Crippen LogP contribution in [0.25, 0.3) is 11.0 Å². The number of hydrogen-bond acceptors (Lipinski definition) is 7. The average molecular weight is 526 g/mol. The molecule has 8 nitrogen and oxygen atoms in total. The lowest BCUT2D eigenvalue weighted by molar-refractivity contribution is -0.140. The Morgan fingerprint density at radius 3 is 2.50 bits per heavy atom. The number of aromatic nitrogens is 4. The van der Waals surface area contributed by atoms with Gasteiger partial charge < -0.3 is 14.5 Å². The summed E-state index contributed by atoms with van der Waals surface area (Å²) in [6.07, 6.45) is -1.28. The number of halogens is 4. The summed E-state index contributed by atoms with van der Waals surface area (Å²) in [5.74, 6) is 0.754. The maximum absolute atomic E-state index is 13.5. The number of benzene rings is 1. The highest BCUT2D eigenvalue weighted by atomic mass is 35.5. The smallest absolute Gasteiger partial charge is 0.435 e. The molecule has 1 saturated heterocycles. The van der Waals surface area contributed by atoms with E-state index >= 15 is 0 Å². The fraction of sp³-hybridized carbons (Fsp3) is 0.542. The van der Waals surface area contributed by atoms with Crippen LogP contribution in [-0.4, -0.2) is 77.2 Å². The maximum Gasteiger partial charge on any atom is 0.435 e. The normalized spacial score (nSPS) is 14.8. The van der Waals surface area contributed by atoms with Crippen molar-refractivity contribution in [3.8, 4) is 5.75 Å². The van der Waals surface area contributed by atoms with E-state index in [-0.39, 0.29) is 11.0 Å². The Labute approximate surface area is 213 Å². The summed E-state index contributed by atoms with van der Waals surface area (Å²) >= 11 is 6.42. The molecule has 0 amide bonds. The van der Waals surface area contributed by atoms with Gasteiger partial charge in [-0.3, -0.25) is 5.01 Å². The summed E-state index contributed by atoms with van der Waals surface area (Å²) in [5.41, 5.74) is 1.12. The van der Waals surface area contributed by atoms with Crippen molar-refractivity contribution < 1.29 is 17.9 Å². The van der Waals surface area contributed by atoms with E-state index in [9.17, 15) is 13.2 Å². The van der Waals surface area contributed by atoms with Crippen LogP contribution in [0.15, 0.2) is 24.7 Å². The van der Waals surface area contributed by atoms with Gasteiger partial charge in [-0.15, -0.1) is 5.10 Å². The molecule has 0 saturated carbocycles. The van der Waals surface area contributed by atoms with E-state index in [4.69, 9.17) is 16.3 Å². The first-order chi connectivity index (χ1) is 17.2. The number of nitrogens with zero attached hydrogens (tertiary/aromatic N) is 7. The van der Waals surface area contributed by atoms with E-state index in [0.717, 1.165) is 49.3 Å². The Morgan fingerprint density at radius 1 is 1.11 bits per heavy atom. The minimum absolute atomic E-state index is 0.110. The van der Waals surface area contributed by atoms with Gasteiger partial charge in [0.2, 0.25) is 0 Å². The maximum atomic E-state index is 13.5. The molecule has 1 fully saturated rings. The van der Waals surface area contributed by atoms with Crippen molar-refractivity contribution in [1.29, 1.82) is 0 Å². The van der Waals surface area contributed by atoms with Crippen molar-refractivity contribution in [2.45, 2.75) is 33.4 Å². The van der Waals surface area contributed by atoms with Gasteiger partial charge in [-0.1, -0.05) is 25.4 Å². The van der Waals surface area contributed by atoms with Crippen LogP contribution in [-0.2, 0) is 6.18 Å². The fourth-order valence-electron chi connectivity index (χ4n) is 4.51. The highest BCUT2D eigenvalue weighted by Gasteiger charge is 2.38. The standard InChI is InChI=1S/C24H31ClF3N7O/c1-4-32(5-2)7-6-12-36-21-14-18(25)13-20(17(21)3)33-8-10-34(11-9-33)35-23-19(15-29-16-30-23)22(31-35)24(26,27)28/h13-16H,4-12H2,1-3H3. The molecule has 196 valence electrons. The van der Waals surface area contributed by atoms with Gasteiger partial charge >= 0.3 is 6.18 Å². The first-order valence-electron chi connectivity index (χ1n) is 12.1. The van der Waals surface area contributed by atoms with Crippen LogP contribution in [0.3, 0.4) is 0 Å². The summed E-state index contributed by atoms with van der Waals surface area (Å²) < 4.78 is 46.6. The molecule has 2 aromatic heterocycles. The minimum atomic E-state index is -4.59. The molecule has 0 atom stereocenters. The van der Waals surface area contributed by atoms with Gasteiger partial charge in [-0.05, 0) is 38.6 Å². The topological polar surface area (TPSA) is 62.6 Å². The van der Waals surface area contributed by atoms with Crippen LogP contribution >= 0.6 is 11.6 Å². The van der Waals surface area contributed by atoms with Crippen molar-refractivity contribution in [3.05, 3.63) is 40.9 Å². The van der Waals surface area contributed by atoms with E-state index < -0.39 is 11.9 Å². The van der Waals surface area contributed by atoms with E-state index in [1.54, 1.807) is 5.01 Å². The summed E-state index contributed by atoms with van der Waals surface area (Å²) in [5, 5.41) is 6.09. The molecule has 4 rings (SSSR count). The van der Waals surface area contributed by atoms with Gasteiger partial charge in [0, 0.05) is 42.1 Å². The second-order valence-corrected chi connectivity index (χ2v) is 9.15. The lowest BCUT2D eigenvalue weighted by atomic mass is 10.1. The number of rotatable bonds is 9. The number of anilines is 1. The van der Waals surface area contributed by atoms with E-state index in [0.29, 0.717) is 37.8 Å². The van der Waals surface area contributed by atoms with Crippen molar-refractivity contribution in [2.75, 3.05) is 62.3 Å². The summed E-state index contributed by atoms with van der Waals surface area (Å²) in [4.78, 5) is 13.6. The molecule has 12 heteroatoms. The predicted octanol–water partition coefficient (Wildman–Crippen LogP) is 4.38. The van der Waals surface area contributed by atoms with Crippen LogP contribution in [0.5, 0.6) is 5.75 Å². The molecule has 0 aliphatic carbocycles. The van der Waals surface area contributed by atoms with Crippen LogP contribution in [0, 0.1) is 6.92 Å². The Balaban J connectivity index is 1.45. The molecule has 1 aliphatic rings. The Bertz CT molecular complexity index is 1170. The molecule has 0 radical (unpaired) electrons. The zero-order chi connectivity index (χ0) is 25.9. The van der Waals surface area contributed by atoms with E-state index in [2.05, 4.69) is 38.7 Å². The molecule has 1 aromatic carbocycles. The number of fused-ring (bicyclic) bond motifs is 1. The molecule has 0 bridgehead atoms. The molecule has 3 aromatic rings.